The number of hydrogen-bond acceptors (Lipinski definition) is 7. The van der Waals surface area contributed by atoms with Crippen LogP contribution in [0.25, 0.3) is 11.4 Å². The van der Waals surface area contributed by atoms with Crippen molar-refractivity contribution in [3.05, 3.63) is 65.5 Å². The van der Waals surface area contributed by atoms with Crippen LogP contribution in [-0.2, 0) is 17.5 Å². The first-order valence-electron chi connectivity index (χ1n) is 10.5. The lowest BCUT2D eigenvalue weighted by molar-refractivity contribution is -0.137. The van der Waals surface area contributed by atoms with Crippen molar-refractivity contribution in [3.8, 4) is 23.2 Å². The predicted molar refractivity (Wildman–Crippen MR) is 113 cm³/mol. The van der Waals surface area contributed by atoms with Gasteiger partial charge < -0.3 is 14.2 Å². The first-order valence-corrected chi connectivity index (χ1v) is 10.5. The fraction of sp³-hybridized carbons (Fsp3) is 0.304. The minimum absolute atomic E-state index is 0.0877. The van der Waals surface area contributed by atoms with Crippen LogP contribution in [0.1, 0.15) is 17.0 Å². The summed E-state index contributed by atoms with van der Waals surface area (Å²) in [5.41, 5.74) is -0.195. The fourth-order valence-corrected chi connectivity index (χ4v) is 3.53. The number of carbonyl (C=O) groups excluding carboxylic acids is 1. The van der Waals surface area contributed by atoms with E-state index in [1.54, 1.807) is 29.2 Å². The van der Waals surface area contributed by atoms with Crippen LogP contribution in [0.4, 0.5) is 13.2 Å². The summed E-state index contributed by atoms with van der Waals surface area (Å²) in [4.78, 5) is 20.4. The molecule has 2 heterocycles. The van der Waals surface area contributed by atoms with Crippen LogP contribution < -0.4 is 4.74 Å². The molecule has 0 unspecified atom stereocenters. The van der Waals surface area contributed by atoms with Gasteiger partial charge in [-0.05, 0) is 24.3 Å². The number of nitrogens with zero attached hydrogens (tertiary/aromatic N) is 5. The number of aromatic nitrogens is 2. The SMILES string of the molecule is N#Cc1ccccc1OCC(=O)N1CCN(Cc2nc(-c3cccc(C(F)(F)F)c3)no2)CC1. The number of amides is 1. The van der Waals surface area contributed by atoms with Crippen LogP contribution >= 0.6 is 0 Å². The van der Waals surface area contributed by atoms with Crippen molar-refractivity contribution in [3.63, 3.8) is 0 Å². The summed E-state index contributed by atoms with van der Waals surface area (Å²) in [5.74, 6) is 0.551. The second-order valence-electron chi connectivity index (χ2n) is 7.64. The number of para-hydroxylation sites is 1. The van der Waals surface area contributed by atoms with Crippen molar-refractivity contribution >= 4 is 5.91 Å². The fourth-order valence-electron chi connectivity index (χ4n) is 3.53. The van der Waals surface area contributed by atoms with Crippen molar-refractivity contribution in [2.75, 3.05) is 32.8 Å². The molecule has 34 heavy (non-hydrogen) atoms. The summed E-state index contributed by atoms with van der Waals surface area (Å²) in [6.45, 7) is 2.21. The zero-order valence-corrected chi connectivity index (χ0v) is 18.0. The Kier molecular flexibility index (Phi) is 6.79. The topological polar surface area (TPSA) is 95.5 Å². The van der Waals surface area contributed by atoms with Crippen LogP contribution in [0, 0.1) is 11.3 Å². The number of nitriles is 1. The Bertz CT molecular complexity index is 1200. The molecule has 0 N–H and O–H groups in total. The molecule has 0 spiro atoms. The van der Waals surface area contributed by atoms with E-state index in [1.165, 1.54) is 12.1 Å². The number of ether oxygens (including phenoxy) is 1. The lowest BCUT2D eigenvalue weighted by Crippen LogP contribution is -2.49. The average molecular weight is 471 g/mol. The highest BCUT2D eigenvalue weighted by Crippen LogP contribution is 2.31. The summed E-state index contributed by atoms with van der Waals surface area (Å²) >= 11 is 0. The van der Waals surface area contributed by atoms with Gasteiger partial charge in [0.1, 0.15) is 11.8 Å². The molecule has 11 heteroatoms. The smallest absolute Gasteiger partial charge is 0.416 e. The molecule has 8 nitrogen and oxygen atoms in total. The Morgan fingerprint density at radius 1 is 1.12 bits per heavy atom. The maximum atomic E-state index is 12.9. The number of carbonyl (C=O) groups is 1. The molecule has 1 fully saturated rings. The Labute approximate surface area is 193 Å². The Hall–Kier alpha value is -3.91. The lowest BCUT2D eigenvalue weighted by Gasteiger charge is -2.33. The van der Waals surface area contributed by atoms with Crippen molar-refractivity contribution in [1.82, 2.24) is 19.9 Å². The van der Waals surface area contributed by atoms with E-state index in [4.69, 9.17) is 14.5 Å². The van der Waals surface area contributed by atoms with E-state index in [0.717, 1.165) is 12.1 Å². The molecule has 2 aromatic carbocycles. The Morgan fingerprint density at radius 2 is 1.88 bits per heavy atom. The molecule has 0 aliphatic carbocycles. The predicted octanol–water partition coefficient (Wildman–Crippen LogP) is 3.35. The molecule has 3 aromatic rings. The van der Waals surface area contributed by atoms with Gasteiger partial charge in [-0.15, -0.1) is 0 Å². The molecule has 0 bridgehead atoms. The molecule has 1 aromatic heterocycles. The zero-order chi connectivity index (χ0) is 24.1. The molecule has 0 atom stereocenters. The number of hydrogen-bond donors (Lipinski definition) is 0. The van der Waals surface area contributed by atoms with Crippen LogP contribution in [0.3, 0.4) is 0 Å². The van der Waals surface area contributed by atoms with Crippen LogP contribution in [0.5, 0.6) is 5.75 Å². The number of benzene rings is 2. The van der Waals surface area contributed by atoms with E-state index in [9.17, 15) is 18.0 Å². The van der Waals surface area contributed by atoms with Gasteiger partial charge in [0.15, 0.2) is 6.61 Å². The van der Waals surface area contributed by atoms with Crippen LogP contribution in [0.15, 0.2) is 53.1 Å². The average Bonchev–Trinajstić information content (AvgIpc) is 3.31. The number of alkyl halides is 3. The summed E-state index contributed by atoms with van der Waals surface area (Å²) in [7, 11) is 0. The van der Waals surface area contributed by atoms with Gasteiger partial charge in [0.05, 0.1) is 17.7 Å². The molecule has 4 rings (SSSR count). The summed E-state index contributed by atoms with van der Waals surface area (Å²) in [6.07, 6.45) is -4.45. The summed E-state index contributed by atoms with van der Waals surface area (Å²) in [6, 6.07) is 13.5. The molecule has 1 aliphatic rings. The minimum atomic E-state index is -4.45. The Morgan fingerprint density at radius 3 is 2.62 bits per heavy atom. The van der Waals surface area contributed by atoms with Gasteiger partial charge in [0.25, 0.3) is 5.91 Å². The third-order valence-corrected chi connectivity index (χ3v) is 5.36. The lowest BCUT2D eigenvalue weighted by atomic mass is 10.1. The van der Waals surface area contributed by atoms with Gasteiger partial charge in [0.2, 0.25) is 11.7 Å². The second kappa shape index (κ2) is 9.93. The third kappa shape index (κ3) is 5.52. The highest BCUT2D eigenvalue weighted by atomic mass is 19.4. The van der Waals surface area contributed by atoms with Crippen molar-refractivity contribution < 1.29 is 27.2 Å². The van der Waals surface area contributed by atoms with E-state index < -0.39 is 11.7 Å². The zero-order valence-electron chi connectivity index (χ0n) is 18.0. The van der Waals surface area contributed by atoms with Crippen molar-refractivity contribution in [2.45, 2.75) is 12.7 Å². The van der Waals surface area contributed by atoms with E-state index in [-0.39, 0.29) is 29.8 Å². The van der Waals surface area contributed by atoms with Gasteiger partial charge in [-0.2, -0.15) is 23.4 Å². The first-order chi connectivity index (χ1) is 16.3. The quantitative estimate of drug-likeness (QED) is 0.544. The molecule has 176 valence electrons. The molecule has 0 saturated carbocycles. The highest BCUT2D eigenvalue weighted by molar-refractivity contribution is 5.78. The molecular weight excluding hydrogens is 451 g/mol. The molecule has 1 amide bonds. The van der Waals surface area contributed by atoms with E-state index in [0.29, 0.717) is 44.0 Å². The maximum Gasteiger partial charge on any atom is 0.416 e. The van der Waals surface area contributed by atoms with Crippen LogP contribution in [0.2, 0.25) is 0 Å². The van der Waals surface area contributed by atoms with Gasteiger partial charge in [-0.25, -0.2) is 0 Å². The Balaban J connectivity index is 1.28. The largest absolute Gasteiger partial charge is 0.482 e. The van der Waals surface area contributed by atoms with Gasteiger partial charge in [-0.3, -0.25) is 9.69 Å². The number of rotatable bonds is 6. The van der Waals surface area contributed by atoms with Gasteiger partial charge in [0, 0.05) is 31.7 Å². The van der Waals surface area contributed by atoms with Gasteiger partial charge in [-0.1, -0.05) is 29.4 Å². The van der Waals surface area contributed by atoms with E-state index in [1.807, 2.05) is 11.0 Å². The third-order valence-electron chi connectivity index (χ3n) is 5.36. The summed E-state index contributed by atoms with van der Waals surface area (Å²) < 4.78 is 49.5. The van der Waals surface area contributed by atoms with Crippen molar-refractivity contribution in [1.29, 1.82) is 5.26 Å². The normalized spacial score (nSPS) is 14.6. The first kappa shape index (κ1) is 23.3. The molecular formula is C23H20F3N5O3. The second-order valence-corrected chi connectivity index (χ2v) is 7.64. The monoisotopic (exact) mass is 471 g/mol. The molecule has 0 radical (unpaired) electrons. The molecule has 1 saturated heterocycles. The standard InChI is InChI=1S/C23H20F3N5O3/c24-23(25,26)18-6-3-5-16(12-18)22-28-20(34-29-22)14-30-8-10-31(11-9-30)21(32)15-33-19-7-2-1-4-17(19)13-27/h1-7,12H,8-11,14-15H2. The van der Waals surface area contributed by atoms with E-state index in [2.05, 4.69) is 10.1 Å². The van der Waals surface area contributed by atoms with Crippen molar-refractivity contribution in [2.24, 2.45) is 0 Å². The molecule has 1 aliphatic heterocycles. The number of halogens is 3. The minimum Gasteiger partial charge on any atom is -0.482 e. The van der Waals surface area contributed by atoms with E-state index >= 15 is 0 Å². The maximum absolute atomic E-state index is 12.9. The van der Waals surface area contributed by atoms with Gasteiger partial charge >= 0.3 is 6.18 Å². The number of piperazine rings is 1. The highest BCUT2D eigenvalue weighted by Gasteiger charge is 2.31. The van der Waals surface area contributed by atoms with Crippen LogP contribution in [-0.4, -0.2) is 58.6 Å². The summed E-state index contributed by atoms with van der Waals surface area (Å²) in [5, 5.41) is 12.9.